The normalized spacial score (nSPS) is 23.7. The molecule has 2 heteroatoms. The summed E-state index contributed by atoms with van der Waals surface area (Å²) in [6, 6.07) is 4.97. The van der Waals surface area contributed by atoms with Gasteiger partial charge in [0, 0.05) is 17.9 Å². The summed E-state index contributed by atoms with van der Waals surface area (Å²) in [7, 11) is 2.20. The van der Waals surface area contributed by atoms with Crippen molar-refractivity contribution in [3.8, 4) is 0 Å². The van der Waals surface area contributed by atoms with Gasteiger partial charge in [-0.25, -0.2) is 0 Å². The number of nitrogens with zero attached hydrogens (tertiary/aromatic N) is 2. The Morgan fingerprint density at radius 3 is 3.00 bits per heavy atom. The second kappa shape index (κ2) is 3.46. The highest BCUT2D eigenvalue weighted by Gasteiger charge is 2.22. The number of rotatable bonds is 1. The van der Waals surface area contributed by atoms with E-state index in [1.807, 2.05) is 6.20 Å². The number of aromatic nitrogens is 1. The molecular weight excluding hydrogens is 160 g/mol. The highest BCUT2D eigenvalue weighted by atomic mass is 15.1. The van der Waals surface area contributed by atoms with Crippen LogP contribution in [0.25, 0.3) is 0 Å². The molecule has 1 aliphatic heterocycles. The number of likely N-dealkylation sites (tertiary alicyclic amines) is 1. The zero-order chi connectivity index (χ0) is 9.26. The first-order chi connectivity index (χ1) is 6.27. The van der Waals surface area contributed by atoms with Crippen molar-refractivity contribution in [3.05, 3.63) is 29.6 Å². The molecule has 0 bridgehead atoms. The fraction of sp³-hybridized carbons (Fsp3) is 0.545. The summed E-state index contributed by atoms with van der Waals surface area (Å²) in [5.74, 6) is 0. The summed E-state index contributed by atoms with van der Waals surface area (Å²) in [6.45, 7) is 3.28. The van der Waals surface area contributed by atoms with Crippen molar-refractivity contribution in [3.63, 3.8) is 0 Å². The second-order valence-corrected chi connectivity index (χ2v) is 3.87. The molecule has 0 N–H and O–H groups in total. The van der Waals surface area contributed by atoms with Gasteiger partial charge in [0.15, 0.2) is 0 Å². The average Bonchev–Trinajstić information content (AvgIpc) is 2.51. The Balaban J connectivity index is 2.24. The Bertz CT molecular complexity index is 296. The molecule has 1 aromatic heterocycles. The van der Waals surface area contributed by atoms with Gasteiger partial charge < -0.3 is 0 Å². The molecule has 1 aromatic rings. The van der Waals surface area contributed by atoms with E-state index in [2.05, 4.69) is 36.0 Å². The van der Waals surface area contributed by atoms with Gasteiger partial charge in [0.1, 0.15) is 0 Å². The van der Waals surface area contributed by atoms with E-state index in [4.69, 9.17) is 0 Å². The molecule has 2 nitrogen and oxygen atoms in total. The number of aryl methyl sites for hydroxylation is 1. The SMILES string of the molecule is Cc1cc([C@H]2CCCN2C)ccn1. The fourth-order valence-electron chi connectivity index (χ4n) is 2.11. The third kappa shape index (κ3) is 1.73. The van der Waals surface area contributed by atoms with E-state index in [9.17, 15) is 0 Å². The van der Waals surface area contributed by atoms with Crippen molar-refractivity contribution < 1.29 is 0 Å². The summed E-state index contributed by atoms with van der Waals surface area (Å²) in [6.07, 6.45) is 4.53. The molecule has 1 fully saturated rings. The van der Waals surface area contributed by atoms with Crippen LogP contribution in [0.15, 0.2) is 18.3 Å². The van der Waals surface area contributed by atoms with Crippen LogP contribution in [0.5, 0.6) is 0 Å². The fourth-order valence-corrected chi connectivity index (χ4v) is 2.11. The Hall–Kier alpha value is -0.890. The second-order valence-electron chi connectivity index (χ2n) is 3.87. The van der Waals surface area contributed by atoms with Crippen molar-refractivity contribution in [2.24, 2.45) is 0 Å². The number of pyridine rings is 1. The van der Waals surface area contributed by atoms with Crippen LogP contribution in [-0.2, 0) is 0 Å². The lowest BCUT2D eigenvalue weighted by Gasteiger charge is -2.19. The molecule has 1 aliphatic rings. The highest BCUT2D eigenvalue weighted by Crippen LogP contribution is 2.29. The molecule has 0 radical (unpaired) electrons. The van der Waals surface area contributed by atoms with Gasteiger partial charge in [0.2, 0.25) is 0 Å². The quantitative estimate of drug-likeness (QED) is 0.652. The minimum Gasteiger partial charge on any atom is -0.299 e. The Kier molecular flexibility index (Phi) is 2.32. The summed E-state index contributed by atoms with van der Waals surface area (Å²) in [5, 5.41) is 0. The minimum absolute atomic E-state index is 0.627. The van der Waals surface area contributed by atoms with Crippen molar-refractivity contribution in [2.75, 3.05) is 13.6 Å². The zero-order valence-corrected chi connectivity index (χ0v) is 8.33. The smallest absolute Gasteiger partial charge is 0.0375 e. The van der Waals surface area contributed by atoms with Crippen LogP contribution >= 0.6 is 0 Å². The lowest BCUT2D eigenvalue weighted by Crippen LogP contribution is -2.17. The topological polar surface area (TPSA) is 16.1 Å². The van der Waals surface area contributed by atoms with Gasteiger partial charge >= 0.3 is 0 Å². The molecule has 0 unspecified atom stereocenters. The van der Waals surface area contributed by atoms with Gasteiger partial charge in [-0.1, -0.05) is 0 Å². The monoisotopic (exact) mass is 176 g/mol. The van der Waals surface area contributed by atoms with E-state index in [0.717, 1.165) is 5.69 Å². The van der Waals surface area contributed by atoms with Crippen molar-refractivity contribution in [2.45, 2.75) is 25.8 Å². The number of hydrogen-bond acceptors (Lipinski definition) is 2. The molecule has 0 saturated carbocycles. The third-order valence-corrected chi connectivity index (χ3v) is 2.83. The summed E-state index contributed by atoms with van der Waals surface area (Å²) in [4.78, 5) is 6.64. The van der Waals surface area contributed by atoms with Crippen molar-refractivity contribution in [1.82, 2.24) is 9.88 Å². The molecule has 70 valence electrons. The lowest BCUT2D eigenvalue weighted by atomic mass is 10.1. The standard InChI is InChI=1S/C11H16N2/c1-9-8-10(5-6-12-9)11-4-3-7-13(11)2/h5-6,8,11H,3-4,7H2,1-2H3/t11-/m1/s1. The van der Waals surface area contributed by atoms with Crippen LogP contribution < -0.4 is 0 Å². The molecule has 0 amide bonds. The van der Waals surface area contributed by atoms with Gasteiger partial charge in [-0.15, -0.1) is 0 Å². The first kappa shape index (κ1) is 8.70. The number of hydrogen-bond donors (Lipinski definition) is 0. The van der Waals surface area contributed by atoms with E-state index in [1.165, 1.54) is 24.9 Å². The van der Waals surface area contributed by atoms with Gasteiger partial charge in [-0.05, 0) is 51.1 Å². The van der Waals surface area contributed by atoms with Gasteiger partial charge in [-0.2, -0.15) is 0 Å². The van der Waals surface area contributed by atoms with Crippen LogP contribution in [0.3, 0.4) is 0 Å². The molecule has 13 heavy (non-hydrogen) atoms. The van der Waals surface area contributed by atoms with Gasteiger partial charge in [-0.3, -0.25) is 9.88 Å². The maximum atomic E-state index is 4.22. The van der Waals surface area contributed by atoms with Crippen LogP contribution in [-0.4, -0.2) is 23.5 Å². The molecule has 0 aliphatic carbocycles. The van der Waals surface area contributed by atoms with E-state index in [1.54, 1.807) is 0 Å². The molecule has 0 spiro atoms. The van der Waals surface area contributed by atoms with Gasteiger partial charge in [0.05, 0.1) is 0 Å². The van der Waals surface area contributed by atoms with E-state index < -0.39 is 0 Å². The molecule has 1 atom stereocenters. The van der Waals surface area contributed by atoms with Crippen LogP contribution in [0.2, 0.25) is 0 Å². The molecule has 2 rings (SSSR count). The Labute approximate surface area is 79.6 Å². The van der Waals surface area contributed by atoms with Gasteiger partial charge in [0.25, 0.3) is 0 Å². The summed E-state index contributed by atoms with van der Waals surface area (Å²) < 4.78 is 0. The third-order valence-electron chi connectivity index (χ3n) is 2.83. The predicted octanol–water partition coefficient (Wildman–Crippen LogP) is 2.16. The maximum absolute atomic E-state index is 4.22. The van der Waals surface area contributed by atoms with Crippen LogP contribution in [0, 0.1) is 6.92 Å². The largest absolute Gasteiger partial charge is 0.299 e. The molecular formula is C11H16N2. The predicted molar refractivity (Wildman–Crippen MR) is 53.6 cm³/mol. The summed E-state index contributed by atoms with van der Waals surface area (Å²) >= 11 is 0. The summed E-state index contributed by atoms with van der Waals surface area (Å²) in [5.41, 5.74) is 2.55. The Morgan fingerprint density at radius 2 is 2.38 bits per heavy atom. The highest BCUT2D eigenvalue weighted by molar-refractivity contribution is 5.20. The molecule has 2 heterocycles. The average molecular weight is 176 g/mol. The van der Waals surface area contributed by atoms with E-state index in [-0.39, 0.29) is 0 Å². The lowest BCUT2D eigenvalue weighted by molar-refractivity contribution is 0.317. The molecule has 0 aromatic carbocycles. The van der Waals surface area contributed by atoms with E-state index >= 15 is 0 Å². The van der Waals surface area contributed by atoms with Crippen molar-refractivity contribution >= 4 is 0 Å². The first-order valence-corrected chi connectivity index (χ1v) is 4.90. The van der Waals surface area contributed by atoms with Crippen molar-refractivity contribution in [1.29, 1.82) is 0 Å². The van der Waals surface area contributed by atoms with E-state index in [0.29, 0.717) is 6.04 Å². The minimum atomic E-state index is 0.627. The maximum Gasteiger partial charge on any atom is 0.0375 e. The molecule has 1 saturated heterocycles. The first-order valence-electron chi connectivity index (χ1n) is 4.90. The van der Waals surface area contributed by atoms with Crippen LogP contribution in [0.1, 0.15) is 30.1 Å². The van der Waals surface area contributed by atoms with Crippen LogP contribution in [0.4, 0.5) is 0 Å². The zero-order valence-electron chi connectivity index (χ0n) is 8.33. The Morgan fingerprint density at radius 1 is 1.54 bits per heavy atom.